The first-order chi connectivity index (χ1) is 8.93. The van der Waals surface area contributed by atoms with E-state index in [0.29, 0.717) is 24.3 Å². The molecule has 4 heteroatoms. The highest BCUT2D eigenvalue weighted by Crippen LogP contribution is 2.16. The van der Waals surface area contributed by atoms with Crippen LogP contribution >= 0.6 is 12.2 Å². The van der Waals surface area contributed by atoms with Gasteiger partial charge >= 0.3 is 0 Å². The van der Waals surface area contributed by atoms with Gasteiger partial charge in [-0.1, -0.05) is 55.9 Å². The first kappa shape index (κ1) is 15.6. The van der Waals surface area contributed by atoms with Crippen LogP contribution in [-0.4, -0.2) is 16.4 Å². The summed E-state index contributed by atoms with van der Waals surface area (Å²) >= 11 is 5.09. The van der Waals surface area contributed by atoms with Gasteiger partial charge in [0.25, 0.3) is 0 Å². The molecule has 1 aromatic rings. The van der Waals surface area contributed by atoms with Crippen LogP contribution in [0.1, 0.15) is 37.8 Å². The Morgan fingerprint density at radius 1 is 1.26 bits per heavy atom. The lowest BCUT2D eigenvalue weighted by Gasteiger charge is -2.31. The van der Waals surface area contributed by atoms with E-state index >= 15 is 0 Å². The average Bonchev–Trinajstić information content (AvgIpc) is 2.38. The van der Waals surface area contributed by atoms with Gasteiger partial charge in [-0.3, -0.25) is 4.79 Å². The minimum Gasteiger partial charge on any atom is -0.391 e. The molecule has 1 rings (SSSR count). The van der Waals surface area contributed by atoms with Crippen LogP contribution in [0, 0.1) is 6.92 Å². The van der Waals surface area contributed by atoms with Crippen LogP contribution < -0.4 is 11.1 Å². The minimum atomic E-state index is -0.558. The van der Waals surface area contributed by atoms with Crippen molar-refractivity contribution in [3.8, 4) is 0 Å². The summed E-state index contributed by atoms with van der Waals surface area (Å²) in [5.41, 5.74) is 7.39. The molecule has 3 nitrogen and oxygen atoms in total. The summed E-state index contributed by atoms with van der Waals surface area (Å²) in [5.74, 6) is -0.0413. The molecule has 0 aromatic heterocycles. The van der Waals surface area contributed by atoms with Gasteiger partial charge in [0.1, 0.15) is 0 Å². The summed E-state index contributed by atoms with van der Waals surface area (Å²) in [6.45, 7) is 5.99. The number of carbonyl (C=O) groups excluding carboxylic acids is 1. The third-order valence-corrected chi connectivity index (χ3v) is 3.93. The van der Waals surface area contributed by atoms with Gasteiger partial charge in [-0.2, -0.15) is 0 Å². The number of nitrogens with two attached hydrogens (primary N) is 1. The largest absolute Gasteiger partial charge is 0.391 e. The normalized spacial score (nSPS) is 11.1. The Morgan fingerprint density at radius 3 is 2.21 bits per heavy atom. The molecule has 1 amide bonds. The fourth-order valence-electron chi connectivity index (χ4n) is 2.04. The van der Waals surface area contributed by atoms with Crippen molar-refractivity contribution in [2.45, 2.75) is 45.6 Å². The third kappa shape index (κ3) is 4.03. The lowest BCUT2D eigenvalue weighted by atomic mass is 9.92. The Balaban J connectivity index is 2.73. The molecule has 0 atom stereocenters. The summed E-state index contributed by atoms with van der Waals surface area (Å²) in [6, 6.07) is 7.94. The van der Waals surface area contributed by atoms with E-state index in [9.17, 15) is 4.79 Å². The third-order valence-electron chi connectivity index (χ3n) is 3.54. The van der Waals surface area contributed by atoms with Gasteiger partial charge in [0.15, 0.2) is 0 Å². The molecule has 0 heterocycles. The van der Waals surface area contributed by atoms with Crippen LogP contribution in [0.4, 0.5) is 0 Å². The molecule has 0 saturated heterocycles. The van der Waals surface area contributed by atoms with Crippen molar-refractivity contribution in [2.75, 3.05) is 0 Å². The fourth-order valence-corrected chi connectivity index (χ4v) is 2.38. The highest BCUT2D eigenvalue weighted by atomic mass is 32.1. The van der Waals surface area contributed by atoms with E-state index in [4.69, 9.17) is 18.0 Å². The quantitative estimate of drug-likeness (QED) is 0.786. The molecule has 0 aliphatic heterocycles. The second-order valence-electron chi connectivity index (χ2n) is 4.86. The summed E-state index contributed by atoms with van der Waals surface area (Å²) in [5, 5.41) is 2.99. The van der Waals surface area contributed by atoms with Crippen molar-refractivity contribution < 1.29 is 4.79 Å². The molecule has 0 saturated carbocycles. The fraction of sp³-hybridized carbons (Fsp3) is 0.467. The summed E-state index contributed by atoms with van der Waals surface area (Å²) in [7, 11) is 0. The van der Waals surface area contributed by atoms with E-state index in [1.165, 1.54) is 5.56 Å². The van der Waals surface area contributed by atoms with Gasteiger partial charge < -0.3 is 11.1 Å². The van der Waals surface area contributed by atoms with E-state index in [2.05, 4.69) is 5.32 Å². The summed E-state index contributed by atoms with van der Waals surface area (Å²) in [6.07, 6.45) is 1.77. The lowest BCUT2D eigenvalue weighted by Crippen LogP contribution is -2.56. The Morgan fingerprint density at radius 2 is 1.79 bits per heavy atom. The number of nitrogens with one attached hydrogen (secondary N) is 1. The van der Waals surface area contributed by atoms with E-state index < -0.39 is 5.54 Å². The van der Waals surface area contributed by atoms with Gasteiger partial charge in [0.2, 0.25) is 5.91 Å². The van der Waals surface area contributed by atoms with Crippen molar-refractivity contribution in [1.82, 2.24) is 5.32 Å². The van der Waals surface area contributed by atoms with Crippen molar-refractivity contribution >= 4 is 23.1 Å². The Hall–Kier alpha value is -1.42. The standard InChI is InChI=1S/C15H22N2OS/c1-4-15(5-2,14(16)19)17-13(18)10-12-8-6-11(3)7-9-12/h6-9H,4-5,10H2,1-3H3,(H2,16,19)(H,17,18). The van der Waals surface area contributed by atoms with Crippen LogP contribution in [0.5, 0.6) is 0 Å². The van der Waals surface area contributed by atoms with Gasteiger partial charge in [-0.05, 0) is 25.3 Å². The molecule has 0 unspecified atom stereocenters. The van der Waals surface area contributed by atoms with E-state index in [-0.39, 0.29) is 5.91 Å². The minimum absolute atomic E-state index is 0.0413. The molecular formula is C15H22N2OS. The summed E-state index contributed by atoms with van der Waals surface area (Å²) in [4.78, 5) is 12.5. The Kier molecular flexibility index (Phi) is 5.48. The highest BCUT2D eigenvalue weighted by molar-refractivity contribution is 7.80. The number of hydrogen-bond donors (Lipinski definition) is 2. The maximum Gasteiger partial charge on any atom is 0.225 e. The van der Waals surface area contributed by atoms with Crippen LogP contribution in [0.25, 0.3) is 0 Å². The number of thiocarbonyl (C=S) groups is 1. The van der Waals surface area contributed by atoms with Gasteiger partial charge in [-0.25, -0.2) is 0 Å². The zero-order valence-electron chi connectivity index (χ0n) is 11.8. The molecule has 0 aliphatic carbocycles. The van der Waals surface area contributed by atoms with Crippen LogP contribution in [0.3, 0.4) is 0 Å². The molecule has 3 N–H and O–H groups in total. The van der Waals surface area contributed by atoms with E-state index in [1.54, 1.807) is 0 Å². The van der Waals surface area contributed by atoms with Crippen molar-refractivity contribution in [3.05, 3.63) is 35.4 Å². The average molecular weight is 278 g/mol. The van der Waals surface area contributed by atoms with Crippen LogP contribution in [0.15, 0.2) is 24.3 Å². The SMILES string of the molecule is CCC(CC)(NC(=O)Cc1ccc(C)cc1)C(N)=S. The molecule has 0 bridgehead atoms. The smallest absolute Gasteiger partial charge is 0.225 e. The van der Waals surface area contributed by atoms with Crippen LogP contribution in [-0.2, 0) is 11.2 Å². The molecule has 104 valence electrons. The second-order valence-corrected chi connectivity index (χ2v) is 5.30. The van der Waals surface area contributed by atoms with Gasteiger partial charge in [0, 0.05) is 0 Å². The second kappa shape index (κ2) is 6.66. The monoisotopic (exact) mass is 278 g/mol. The van der Waals surface area contributed by atoms with Crippen molar-refractivity contribution in [2.24, 2.45) is 5.73 Å². The molecule has 19 heavy (non-hydrogen) atoms. The van der Waals surface area contributed by atoms with Gasteiger partial charge in [0.05, 0.1) is 16.9 Å². The van der Waals surface area contributed by atoms with E-state index in [1.807, 2.05) is 45.0 Å². The maximum absolute atomic E-state index is 12.1. The van der Waals surface area contributed by atoms with Gasteiger partial charge in [-0.15, -0.1) is 0 Å². The lowest BCUT2D eigenvalue weighted by molar-refractivity contribution is -0.121. The predicted molar refractivity (Wildman–Crippen MR) is 83.1 cm³/mol. The zero-order chi connectivity index (χ0) is 14.5. The number of hydrogen-bond acceptors (Lipinski definition) is 2. The van der Waals surface area contributed by atoms with E-state index in [0.717, 1.165) is 5.56 Å². The number of carbonyl (C=O) groups is 1. The number of aryl methyl sites for hydroxylation is 1. The number of rotatable bonds is 6. The highest BCUT2D eigenvalue weighted by Gasteiger charge is 2.31. The first-order valence-electron chi connectivity index (χ1n) is 6.60. The molecule has 0 radical (unpaired) electrons. The van der Waals surface area contributed by atoms with Crippen LogP contribution in [0.2, 0.25) is 0 Å². The molecule has 1 aromatic carbocycles. The first-order valence-corrected chi connectivity index (χ1v) is 7.00. The Labute approximate surface area is 120 Å². The predicted octanol–water partition coefficient (Wildman–Crippen LogP) is 2.50. The van der Waals surface area contributed by atoms with Crippen molar-refractivity contribution in [1.29, 1.82) is 0 Å². The molecular weight excluding hydrogens is 256 g/mol. The Bertz CT molecular complexity index is 450. The molecule has 0 aliphatic rings. The zero-order valence-corrected chi connectivity index (χ0v) is 12.6. The summed E-state index contributed by atoms with van der Waals surface area (Å²) < 4.78 is 0. The topological polar surface area (TPSA) is 55.1 Å². The molecule has 0 spiro atoms. The number of amides is 1. The maximum atomic E-state index is 12.1. The molecule has 0 fully saturated rings. The number of benzene rings is 1. The van der Waals surface area contributed by atoms with Crippen molar-refractivity contribution in [3.63, 3.8) is 0 Å².